The summed E-state index contributed by atoms with van der Waals surface area (Å²) in [4.78, 5) is 2.00. The molecule has 0 saturated heterocycles. The average molecular weight is 300 g/mol. The number of nitrogens with zero attached hydrogens (tertiary/aromatic N) is 1. The van der Waals surface area contributed by atoms with Crippen LogP contribution in [-0.4, -0.2) is 47.1 Å². The molecule has 1 aromatic rings. The minimum atomic E-state index is -0.442. The molecule has 0 spiro atoms. The number of methoxy groups -OCH3 is 2. The molecule has 0 unspecified atom stereocenters. The Hall–Kier alpha value is -1.53. The van der Waals surface area contributed by atoms with E-state index in [1.807, 2.05) is 11.8 Å². The third kappa shape index (κ3) is 5.40. The molecule has 0 amide bonds. The summed E-state index contributed by atoms with van der Waals surface area (Å²) in [7, 11) is 3.27. The van der Waals surface area contributed by atoms with Crippen molar-refractivity contribution in [3.63, 3.8) is 0 Å². The van der Waals surface area contributed by atoms with Gasteiger partial charge >= 0.3 is 0 Å². The van der Waals surface area contributed by atoms with E-state index in [-0.39, 0.29) is 5.75 Å². The van der Waals surface area contributed by atoms with Gasteiger partial charge in [0.1, 0.15) is 0 Å². The van der Waals surface area contributed by atoms with Crippen LogP contribution in [0.2, 0.25) is 0 Å². The first-order valence-corrected chi connectivity index (χ1v) is 7.08. The molecule has 0 aromatic heterocycles. The Morgan fingerprint density at radius 2 is 1.71 bits per heavy atom. The van der Waals surface area contributed by atoms with Gasteiger partial charge in [-0.05, 0) is 6.42 Å². The first-order chi connectivity index (χ1) is 10.1. The molecule has 2 N–H and O–H groups in total. The van der Waals surface area contributed by atoms with E-state index in [2.05, 4.69) is 0 Å². The maximum absolute atomic E-state index is 13.8. The van der Waals surface area contributed by atoms with Crippen LogP contribution >= 0.6 is 0 Å². The Labute approximate surface area is 125 Å². The summed E-state index contributed by atoms with van der Waals surface area (Å²) in [6.45, 7) is 4.82. The summed E-state index contributed by atoms with van der Waals surface area (Å²) in [6.07, 6.45) is 0.816. The minimum Gasteiger partial charge on any atom is -0.490 e. The number of hydrogen-bond acceptors (Lipinski definition) is 5. The van der Waals surface area contributed by atoms with Gasteiger partial charge in [0.25, 0.3) is 0 Å². The van der Waals surface area contributed by atoms with E-state index in [1.54, 1.807) is 20.3 Å². The lowest BCUT2D eigenvalue weighted by Crippen LogP contribution is -2.31. The lowest BCUT2D eigenvalue weighted by molar-refractivity contribution is 0.190. The second kappa shape index (κ2) is 9.41. The number of ether oxygens (including phenoxy) is 3. The van der Waals surface area contributed by atoms with Gasteiger partial charge in [0.05, 0.1) is 31.2 Å². The fourth-order valence-electron chi connectivity index (χ4n) is 1.91. The van der Waals surface area contributed by atoms with Crippen molar-refractivity contribution in [3.8, 4) is 5.75 Å². The van der Waals surface area contributed by atoms with Crippen LogP contribution in [0.1, 0.15) is 13.3 Å². The lowest BCUT2D eigenvalue weighted by atomic mass is 10.2. The van der Waals surface area contributed by atoms with Gasteiger partial charge in [-0.15, -0.1) is 0 Å². The van der Waals surface area contributed by atoms with Crippen molar-refractivity contribution in [2.45, 2.75) is 13.3 Å². The maximum Gasteiger partial charge on any atom is 0.167 e. The number of hydrogen-bond donors (Lipinski definition) is 1. The summed E-state index contributed by atoms with van der Waals surface area (Å²) >= 11 is 0. The largest absolute Gasteiger partial charge is 0.490 e. The molecule has 1 aromatic carbocycles. The Bertz CT molecular complexity index is 422. The Kier molecular flexibility index (Phi) is 7.85. The van der Waals surface area contributed by atoms with Gasteiger partial charge in [0.2, 0.25) is 0 Å². The highest BCUT2D eigenvalue weighted by Gasteiger charge is 2.15. The molecular weight excluding hydrogens is 275 g/mol. The Morgan fingerprint density at radius 1 is 1.10 bits per heavy atom. The molecule has 6 heteroatoms. The molecule has 120 valence electrons. The van der Waals surface area contributed by atoms with Gasteiger partial charge < -0.3 is 24.8 Å². The van der Waals surface area contributed by atoms with Gasteiger partial charge in [-0.1, -0.05) is 6.92 Å². The van der Waals surface area contributed by atoms with E-state index >= 15 is 0 Å². The van der Waals surface area contributed by atoms with Gasteiger partial charge in [-0.2, -0.15) is 0 Å². The van der Waals surface area contributed by atoms with E-state index in [4.69, 9.17) is 19.9 Å². The summed E-state index contributed by atoms with van der Waals surface area (Å²) in [5.74, 6) is -0.219. The summed E-state index contributed by atoms with van der Waals surface area (Å²) in [6, 6.07) is 2.94. The van der Waals surface area contributed by atoms with E-state index in [1.165, 1.54) is 6.07 Å². The molecule has 1 rings (SSSR count). The predicted molar refractivity (Wildman–Crippen MR) is 82.6 cm³/mol. The zero-order valence-corrected chi connectivity index (χ0v) is 13.0. The van der Waals surface area contributed by atoms with Crippen LogP contribution < -0.4 is 15.4 Å². The van der Waals surface area contributed by atoms with Crippen LogP contribution in [0.25, 0.3) is 0 Å². The fourth-order valence-corrected chi connectivity index (χ4v) is 1.91. The van der Waals surface area contributed by atoms with Crippen molar-refractivity contribution >= 4 is 11.4 Å². The SMILES string of the molecule is CCCOc1cc(N(CCOC)CCOC)c(N)cc1F. The molecule has 0 atom stereocenters. The zero-order valence-electron chi connectivity index (χ0n) is 13.0. The van der Waals surface area contributed by atoms with Crippen molar-refractivity contribution in [2.24, 2.45) is 0 Å². The predicted octanol–water partition coefficient (Wildman–Crippen LogP) is 2.30. The molecule has 0 aliphatic heterocycles. The highest BCUT2D eigenvalue weighted by molar-refractivity contribution is 5.70. The van der Waals surface area contributed by atoms with E-state index in [0.717, 1.165) is 12.1 Å². The molecule has 5 nitrogen and oxygen atoms in total. The van der Waals surface area contributed by atoms with Gasteiger partial charge in [0, 0.05) is 39.4 Å². The quantitative estimate of drug-likeness (QED) is 0.672. The molecule has 0 saturated carbocycles. The van der Waals surface area contributed by atoms with E-state index in [0.29, 0.717) is 38.6 Å². The van der Waals surface area contributed by atoms with Crippen molar-refractivity contribution in [1.29, 1.82) is 0 Å². The Balaban J connectivity index is 2.98. The zero-order chi connectivity index (χ0) is 15.7. The second-order valence-corrected chi connectivity index (χ2v) is 4.66. The monoisotopic (exact) mass is 300 g/mol. The van der Waals surface area contributed by atoms with Crippen molar-refractivity contribution < 1.29 is 18.6 Å². The van der Waals surface area contributed by atoms with Crippen LogP contribution in [0.4, 0.5) is 15.8 Å². The van der Waals surface area contributed by atoms with E-state index in [9.17, 15) is 4.39 Å². The molecule has 0 heterocycles. The number of nitrogen functional groups attached to an aromatic ring is 1. The van der Waals surface area contributed by atoms with Gasteiger partial charge in [0.15, 0.2) is 11.6 Å². The van der Waals surface area contributed by atoms with Gasteiger partial charge in [-0.3, -0.25) is 0 Å². The third-order valence-corrected chi connectivity index (χ3v) is 3.01. The van der Waals surface area contributed by atoms with Crippen LogP contribution in [-0.2, 0) is 9.47 Å². The van der Waals surface area contributed by atoms with Crippen LogP contribution in [0.5, 0.6) is 5.75 Å². The molecule has 0 aliphatic rings. The van der Waals surface area contributed by atoms with Gasteiger partial charge in [-0.25, -0.2) is 4.39 Å². The first kappa shape index (κ1) is 17.5. The summed E-state index contributed by atoms with van der Waals surface area (Å²) < 4.78 is 29.5. The normalized spacial score (nSPS) is 10.7. The maximum atomic E-state index is 13.8. The van der Waals surface area contributed by atoms with Crippen LogP contribution in [0.15, 0.2) is 12.1 Å². The molecular formula is C15H25FN2O3. The molecule has 0 bridgehead atoms. The summed E-state index contributed by atoms with van der Waals surface area (Å²) in [5, 5.41) is 0. The first-order valence-electron chi connectivity index (χ1n) is 7.08. The standard InChI is InChI=1S/C15H25FN2O3/c1-4-7-21-15-11-14(13(17)10-12(15)16)18(5-8-19-2)6-9-20-3/h10-11H,4-9,17H2,1-3H3. The third-order valence-electron chi connectivity index (χ3n) is 3.01. The van der Waals surface area contributed by atoms with Crippen molar-refractivity contribution in [3.05, 3.63) is 17.9 Å². The Morgan fingerprint density at radius 3 is 2.24 bits per heavy atom. The topological polar surface area (TPSA) is 57.0 Å². The van der Waals surface area contributed by atoms with Crippen molar-refractivity contribution in [1.82, 2.24) is 0 Å². The molecule has 0 aliphatic carbocycles. The number of anilines is 2. The number of halogens is 1. The molecule has 21 heavy (non-hydrogen) atoms. The van der Waals surface area contributed by atoms with E-state index < -0.39 is 5.82 Å². The number of benzene rings is 1. The average Bonchev–Trinajstić information content (AvgIpc) is 2.47. The van der Waals surface area contributed by atoms with Crippen molar-refractivity contribution in [2.75, 3.05) is 57.8 Å². The number of nitrogens with two attached hydrogens (primary N) is 1. The highest BCUT2D eigenvalue weighted by Crippen LogP contribution is 2.31. The molecule has 0 radical (unpaired) electrons. The fraction of sp³-hybridized carbons (Fsp3) is 0.600. The van der Waals surface area contributed by atoms with Crippen LogP contribution in [0.3, 0.4) is 0 Å². The second-order valence-electron chi connectivity index (χ2n) is 4.66. The number of rotatable bonds is 10. The summed E-state index contributed by atoms with van der Waals surface area (Å²) in [5.41, 5.74) is 7.06. The highest BCUT2D eigenvalue weighted by atomic mass is 19.1. The smallest absolute Gasteiger partial charge is 0.167 e. The van der Waals surface area contributed by atoms with Crippen LogP contribution in [0, 0.1) is 5.82 Å². The molecule has 0 fully saturated rings. The minimum absolute atomic E-state index is 0.223. The lowest BCUT2D eigenvalue weighted by Gasteiger charge is -2.26.